The van der Waals surface area contributed by atoms with Gasteiger partial charge in [0.25, 0.3) is 0 Å². The van der Waals surface area contributed by atoms with E-state index in [2.05, 4.69) is 32.0 Å². The minimum Gasteiger partial charge on any atom is -0.464 e. The van der Waals surface area contributed by atoms with Crippen molar-refractivity contribution in [2.24, 2.45) is 5.73 Å². The average molecular weight is 243 g/mol. The second-order valence-electron chi connectivity index (χ2n) is 4.66. The predicted molar refractivity (Wildman–Crippen MR) is 74.7 cm³/mol. The number of aryl methyl sites for hydroxylation is 3. The van der Waals surface area contributed by atoms with Crippen LogP contribution in [-0.4, -0.2) is 0 Å². The molecule has 0 saturated carbocycles. The Kier molecular flexibility index (Phi) is 3.87. The molecule has 0 saturated heterocycles. The molecule has 2 aromatic rings. The van der Waals surface area contributed by atoms with Crippen LogP contribution in [0.2, 0.25) is 0 Å². The van der Waals surface area contributed by atoms with Gasteiger partial charge >= 0.3 is 0 Å². The summed E-state index contributed by atoms with van der Waals surface area (Å²) in [6.07, 6.45) is 2.11. The third-order valence-electron chi connectivity index (χ3n) is 3.42. The van der Waals surface area contributed by atoms with Crippen LogP contribution in [0.5, 0.6) is 0 Å². The van der Waals surface area contributed by atoms with Crippen LogP contribution in [0.15, 0.2) is 34.7 Å². The Bertz CT molecular complexity index is 528. The Balaban J connectivity index is 2.33. The average Bonchev–Trinajstić information content (AvgIpc) is 2.83. The number of nitrogens with two attached hydrogens (primary N) is 1. The zero-order valence-electron chi connectivity index (χ0n) is 11.4. The molecule has 0 radical (unpaired) electrons. The summed E-state index contributed by atoms with van der Waals surface area (Å²) < 4.78 is 5.60. The molecule has 1 unspecified atom stereocenters. The highest BCUT2D eigenvalue weighted by molar-refractivity contribution is 5.36. The van der Waals surface area contributed by atoms with Gasteiger partial charge in [0.05, 0.1) is 6.04 Å². The largest absolute Gasteiger partial charge is 0.464 e. The summed E-state index contributed by atoms with van der Waals surface area (Å²) in [5, 5.41) is 0. The Hall–Kier alpha value is -1.54. The Labute approximate surface area is 109 Å². The van der Waals surface area contributed by atoms with Gasteiger partial charge in [0, 0.05) is 0 Å². The van der Waals surface area contributed by atoms with Crippen molar-refractivity contribution in [3.63, 3.8) is 0 Å². The van der Waals surface area contributed by atoms with Gasteiger partial charge in [-0.25, -0.2) is 0 Å². The van der Waals surface area contributed by atoms with Crippen LogP contribution in [-0.2, 0) is 12.8 Å². The van der Waals surface area contributed by atoms with Crippen molar-refractivity contribution in [3.8, 4) is 0 Å². The van der Waals surface area contributed by atoms with E-state index >= 15 is 0 Å². The van der Waals surface area contributed by atoms with Crippen molar-refractivity contribution in [3.05, 3.63) is 58.5 Å². The maximum atomic E-state index is 6.25. The lowest BCUT2D eigenvalue weighted by Crippen LogP contribution is -2.11. The van der Waals surface area contributed by atoms with E-state index in [9.17, 15) is 0 Å². The summed E-state index contributed by atoms with van der Waals surface area (Å²) in [6, 6.07) is 10.2. The number of hydrogen-bond acceptors (Lipinski definition) is 2. The van der Waals surface area contributed by atoms with Crippen LogP contribution in [0.4, 0.5) is 0 Å². The number of rotatable bonds is 4. The molecular weight excluding hydrogens is 222 g/mol. The van der Waals surface area contributed by atoms with E-state index < -0.39 is 0 Å². The van der Waals surface area contributed by atoms with Gasteiger partial charge in [-0.3, -0.25) is 0 Å². The van der Waals surface area contributed by atoms with Gasteiger partial charge in [0.2, 0.25) is 0 Å². The third-order valence-corrected chi connectivity index (χ3v) is 3.42. The lowest BCUT2D eigenvalue weighted by molar-refractivity contribution is 0.466. The number of benzene rings is 1. The summed E-state index contributed by atoms with van der Waals surface area (Å²) in [5.41, 5.74) is 10.2. The molecule has 0 amide bonds. The second kappa shape index (κ2) is 5.40. The summed E-state index contributed by atoms with van der Waals surface area (Å²) in [5.74, 6) is 1.74. The third kappa shape index (κ3) is 2.49. The molecule has 0 aliphatic rings. The molecule has 0 aliphatic carbocycles. The van der Waals surface area contributed by atoms with E-state index in [1.54, 1.807) is 0 Å². The zero-order chi connectivity index (χ0) is 13.1. The van der Waals surface area contributed by atoms with Crippen molar-refractivity contribution in [2.75, 3.05) is 0 Å². The minimum absolute atomic E-state index is 0.171. The van der Waals surface area contributed by atoms with Gasteiger partial charge in [-0.2, -0.15) is 0 Å². The highest BCUT2D eigenvalue weighted by atomic mass is 16.3. The first-order chi connectivity index (χ1) is 8.65. The summed E-state index contributed by atoms with van der Waals surface area (Å²) in [7, 11) is 0. The first kappa shape index (κ1) is 12.9. The van der Waals surface area contributed by atoms with Crippen molar-refractivity contribution >= 4 is 0 Å². The molecule has 1 atom stereocenters. The molecule has 96 valence electrons. The molecule has 0 fully saturated rings. The van der Waals surface area contributed by atoms with E-state index in [1.807, 2.05) is 19.1 Å². The van der Waals surface area contributed by atoms with Crippen LogP contribution in [0, 0.1) is 6.92 Å². The van der Waals surface area contributed by atoms with Gasteiger partial charge in [-0.1, -0.05) is 32.0 Å². The SMILES string of the molecule is CCc1ccc(C(N)c2ccc(C)o2)cc1CC. The normalized spacial score (nSPS) is 12.7. The summed E-state index contributed by atoms with van der Waals surface area (Å²) >= 11 is 0. The van der Waals surface area contributed by atoms with E-state index in [4.69, 9.17) is 10.2 Å². The second-order valence-corrected chi connectivity index (χ2v) is 4.66. The Morgan fingerprint density at radius 1 is 1.06 bits per heavy atom. The van der Waals surface area contributed by atoms with Crippen LogP contribution >= 0.6 is 0 Å². The summed E-state index contributed by atoms with van der Waals surface area (Å²) in [4.78, 5) is 0. The standard InChI is InChI=1S/C16H21NO/c1-4-12-7-8-14(10-13(12)5-2)16(17)15-9-6-11(3)18-15/h6-10,16H,4-5,17H2,1-3H3. The molecule has 1 aromatic heterocycles. The monoisotopic (exact) mass is 243 g/mol. The maximum Gasteiger partial charge on any atom is 0.125 e. The highest BCUT2D eigenvalue weighted by Crippen LogP contribution is 2.24. The number of hydrogen-bond donors (Lipinski definition) is 1. The lowest BCUT2D eigenvalue weighted by atomic mass is 9.96. The maximum absolute atomic E-state index is 6.25. The number of furan rings is 1. The molecule has 1 aromatic carbocycles. The fraction of sp³-hybridized carbons (Fsp3) is 0.375. The van der Waals surface area contributed by atoms with Crippen molar-refractivity contribution in [1.29, 1.82) is 0 Å². The van der Waals surface area contributed by atoms with Crippen molar-refractivity contribution < 1.29 is 4.42 Å². The molecule has 0 aliphatic heterocycles. The molecule has 1 heterocycles. The van der Waals surface area contributed by atoms with E-state index in [-0.39, 0.29) is 6.04 Å². The smallest absolute Gasteiger partial charge is 0.125 e. The van der Waals surface area contributed by atoms with Gasteiger partial charge in [0.1, 0.15) is 11.5 Å². The molecule has 2 heteroatoms. The quantitative estimate of drug-likeness (QED) is 0.888. The fourth-order valence-corrected chi connectivity index (χ4v) is 2.30. The van der Waals surface area contributed by atoms with Crippen LogP contribution in [0.25, 0.3) is 0 Å². The van der Waals surface area contributed by atoms with Crippen LogP contribution in [0.1, 0.15) is 48.1 Å². The lowest BCUT2D eigenvalue weighted by Gasteiger charge is -2.13. The Morgan fingerprint density at radius 2 is 1.78 bits per heavy atom. The van der Waals surface area contributed by atoms with Gasteiger partial charge in [-0.05, 0) is 48.6 Å². The Morgan fingerprint density at radius 3 is 2.33 bits per heavy atom. The van der Waals surface area contributed by atoms with Crippen LogP contribution in [0.3, 0.4) is 0 Å². The molecule has 0 spiro atoms. The first-order valence-electron chi connectivity index (χ1n) is 6.59. The van der Waals surface area contributed by atoms with E-state index in [0.29, 0.717) is 0 Å². The summed E-state index contributed by atoms with van der Waals surface area (Å²) in [6.45, 7) is 6.30. The fourth-order valence-electron chi connectivity index (χ4n) is 2.30. The van der Waals surface area contributed by atoms with Gasteiger partial charge in [-0.15, -0.1) is 0 Å². The zero-order valence-corrected chi connectivity index (χ0v) is 11.4. The van der Waals surface area contributed by atoms with Crippen molar-refractivity contribution in [1.82, 2.24) is 0 Å². The van der Waals surface area contributed by atoms with Gasteiger partial charge in [0.15, 0.2) is 0 Å². The molecule has 18 heavy (non-hydrogen) atoms. The minimum atomic E-state index is -0.171. The molecular formula is C16H21NO. The predicted octanol–water partition coefficient (Wildman–Crippen LogP) is 3.76. The molecule has 2 N–H and O–H groups in total. The first-order valence-corrected chi connectivity index (χ1v) is 6.59. The van der Waals surface area contributed by atoms with E-state index in [1.165, 1.54) is 11.1 Å². The van der Waals surface area contributed by atoms with Crippen molar-refractivity contribution in [2.45, 2.75) is 39.7 Å². The highest BCUT2D eigenvalue weighted by Gasteiger charge is 2.13. The van der Waals surface area contributed by atoms with E-state index in [0.717, 1.165) is 29.9 Å². The van der Waals surface area contributed by atoms with Crippen LogP contribution < -0.4 is 5.73 Å². The van der Waals surface area contributed by atoms with Gasteiger partial charge < -0.3 is 10.2 Å². The topological polar surface area (TPSA) is 39.2 Å². The molecule has 2 rings (SSSR count). The molecule has 0 bridgehead atoms. The molecule has 2 nitrogen and oxygen atoms in total.